The molecule has 1 aromatic heterocycles. The van der Waals surface area contributed by atoms with Crippen molar-refractivity contribution in [1.29, 1.82) is 0 Å². The number of nitrogens with one attached hydrogen (secondary N) is 1. The van der Waals surface area contributed by atoms with Crippen molar-refractivity contribution in [1.82, 2.24) is 15.2 Å². The molecule has 0 spiro atoms. The molecule has 156 valence electrons. The van der Waals surface area contributed by atoms with E-state index in [-0.39, 0.29) is 11.9 Å². The number of benzene rings is 2. The number of aryl methyl sites for hydroxylation is 1. The lowest BCUT2D eigenvalue weighted by Gasteiger charge is -2.25. The molecule has 30 heavy (non-hydrogen) atoms. The molecule has 0 aliphatic heterocycles. The topological polar surface area (TPSA) is 54.5 Å². The molecule has 0 aliphatic carbocycles. The number of amides is 1. The van der Waals surface area contributed by atoms with Gasteiger partial charge in [-0.3, -0.25) is 9.78 Å². The summed E-state index contributed by atoms with van der Waals surface area (Å²) in [6.07, 6.45) is 4.53. The molecule has 1 N–H and O–H groups in total. The van der Waals surface area contributed by atoms with Gasteiger partial charge in [-0.2, -0.15) is 0 Å². The predicted octanol–water partition coefficient (Wildman–Crippen LogP) is 4.26. The van der Waals surface area contributed by atoms with Gasteiger partial charge in [0, 0.05) is 30.1 Å². The maximum Gasteiger partial charge on any atom is 0.251 e. The number of ether oxygens (including phenoxy) is 1. The number of likely N-dealkylation sites (N-methyl/N-ethyl adjacent to an activating group) is 1. The van der Waals surface area contributed by atoms with Gasteiger partial charge >= 0.3 is 0 Å². The summed E-state index contributed by atoms with van der Waals surface area (Å²) in [5, 5.41) is 3.06. The summed E-state index contributed by atoms with van der Waals surface area (Å²) in [6.45, 7) is 3.13. The van der Waals surface area contributed by atoms with Gasteiger partial charge in [-0.25, -0.2) is 0 Å². The van der Waals surface area contributed by atoms with Crippen LogP contribution >= 0.6 is 0 Å². The lowest BCUT2D eigenvalue weighted by Crippen LogP contribution is -2.34. The number of carbonyl (C=O) groups is 1. The minimum absolute atomic E-state index is 0.0918. The number of rotatable bonds is 9. The van der Waals surface area contributed by atoms with E-state index >= 15 is 0 Å². The molecule has 1 atom stereocenters. The molecule has 3 rings (SSSR count). The zero-order valence-corrected chi connectivity index (χ0v) is 17.8. The smallest absolute Gasteiger partial charge is 0.251 e. The van der Waals surface area contributed by atoms with E-state index < -0.39 is 0 Å². The fourth-order valence-corrected chi connectivity index (χ4v) is 3.22. The standard InChI is InChI=1S/C25H29N3O2/c1-4-19-7-9-21(10-8-19)24(28(2)3)17-27-25(29)22-11-13-23(14-12-22)30-18-20-6-5-15-26-16-20/h5-16,24H,4,17-18H2,1-3H3,(H,27,29). The average Bonchev–Trinajstić information content (AvgIpc) is 2.79. The summed E-state index contributed by atoms with van der Waals surface area (Å²) < 4.78 is 5.75. The van der Waals surface area contributed by atoms with E-state index in [9.17, 15) is 4.79 Å². The minimum Gasteiger partial charge on any atom is -0.489 e. The Hall–Kier alpha value is -3.18. The normalized spacial score (nSPS) is 11.9. The molecule has 5 nitrogen and oxygen atoms in total. The van der Waals surface area contributed by atoms with Crippen molar-refractivity contribution < 1.29 is 9.53 Å². The summed E-state index contributed by atoms with van der Waals surface area (Å²) in [6, 6.07) is 19.8. The van der Waals surface area contributed by atoms with Crippen molar-refractivity contribution >= 4 is 5.91 Å². The Kier molecular flexibility index (Phi) is 7.57. The van der Waals surface area contributed by atoms with Gasteiger partial charge in [0.1, 0.15) is 12.4 Å². The number of carbonyl (C=O) groups excluding carboxylic acids is 1. The molecule has 0 saturated heterocycles. The Morgan fingerprint density at radius 2 is 1.77 bits per heavy atom. The van der Waals surface area contributed by atoms with Crippen molar-refractivity contribution in [3.8, 4) is 5.75 Å². The second-order valence-corrected chi connectivity index (χ2v) is 7.46. The van der Waals surface area contributed by atoms with Gasteiger partial charge in [0.25, 0.3) is 5.91 Å². The monoisotopic (exact) mass is 403 g/mol. The SMILES string of the molecule is CCc1ccc(C(CNC(=O)c2ccc(OCc3cccnc3)cc2)N(C)C)cc1. The number of pyridine rings is 1. The Morgan fingerprint density at radius 3 is 2.37 bits per heavy atom. The summed E-state index contributed by atoms with van der Waals surface area (Å²) in [7, 11) is 4.05. The van der Waals surface area contributed by atoms with Gasteiger partial charge in [-0.1, -0.05) is 37.3 Å². The fourth-order valence-electron chi connectivity index (χ4n) is 3.22. The van der Waals surface area contributed by atoms with Crippen molar-refractivity contribution in [2.24, 2.45) is 0 Å². The third kappa shape index (κ3) is 5.91. The van der Waals surface area contributed by atoms with Crippen LogP contribution in [0.4, 0.5) is 0 Å². The summed E-state index contributed by atoms with van der Waals surface area (Å²) in [5.41, 5.74) is 4.12. The van der Waals surface area contributed by atoms with Crippen LogP contribution in [0.25, 0.3) is 0 Å². The number of nitrogens with zero attached hydrogens (tertiary/aromatic N) is 2. The first-order chi connectivity index (χ1) is 14.6. The van der Waals surface area contributed by atoms with Crippen LogP contribution < -0.4 is 10.1 Å². The lowest BCUT2D eigenvalue weighted by atomic mass is 10.0. The van der Waals surface area contributed by atoms with Crippen LogP contribution in [-0.4, -0.2) is 36.4 Å². The minimum atomic E-state index is -0.0918. The third-order valence-electron chi connectivity index (χ3n) is 5.10. The summed E-state index contributed by atoms with van der Waals surface area (Å²) >= 11 is 0. The zero-order chi connectivity index (χ0) is 21.3. The number of hydrogen-bond donors (Lipinski definition) is 1. The number of aromatic nitrogens is 1. The highest BCUT2D eigenvalue weighted by molar-refractivity contribution is 5.94. The quantitative estimate of drug-likeness (QED) is 0.580. The van der Waals surface area contributed by atoms with Crippen LogP contribution in [0.1, 0.15) is 40.0 Å². The van der Waals surface area contributed by atoms with Crippen molar-refractivity contribution in [2.75, 3.05) is 20.6 Å². The lowest BCUT2D eigenvalue weighted by molar-refractivity contribution is 0.0942. The van der Waals surface area contributed by atoms with Crippen molar-refractivity contribution in [3.05, 3.63) is 95.3 Å². The average molecular weight is 404 g/mol. The fraction of sp³-hybridized carbons (Fsp3) is 0.280. The van der Waals surface area contributed by atoms with Crippen LogP contribution in [-0.2, 0) is 13.0 Å². The molecule has 2 aromatic carbocycles. The van der Waals surface area contributed by atoms with Gasteiger partial charge in [0.15, 0.2) is 0 Å². The molecule has 1 heterocycles. The molecular formula is C25H29N3O2. The largest absolute Gasteiger partial charge is 0.489 e. The van der Waals surface area contributed by atoms with Crippen LogP contribution in [0.5, 0.6) is 5.75 Å². The molecule has 5 heteroatoms. The molecule has 0 bridgehead atoms. The number of hydrogen-bond acceptors (Lipinski definition) is 4. The molecule has 3 aromatic rings. The van der Waals surface area contributed by atoms with Gasteiger partial charge in [0.2, 0.25) is 0 Å². The van der Waals surface area contributed by atoms with Gasteiger partial charge < -0.3 is 15.0 Å². The molecule has 1 amide bonds. The first-order valence-electron chi connectivity index (χ1n) is 10.2. The second-order valence-electron chi connectivity index (χ2n) is 7.46. The Balaban J connectivity index is 1.56. The Bertz CT molecular complexity index is 923. The molecule has 0 saturated carbocycles. The summed E-state index contributed by atoms with van der Waals surface area (Å²) in [5.74, 6) is 0.628. The van der Waals surface area contributed by atoms with E-state index in [1.807, 2.05) is 38.4 Å². The van der Waals surface area contributed by atoms with Crippen molar-refractivity contribution in [3.63, 3.8) is 0 Å². The second kappa shape index (κ2) is 10.6. The first-order valence-corrected chi connectivity index (χ1v) is 10.2. The van der Waals surface area contributed by atoms with Crippen LogP contribution in [0.2, 0.25) is 0 Å². The predicted molar refractivity (Wildman–Crippen MR) is 120 cm³/mol. The van der Waals surface area contributed by atoms with E-state index in [1.54, 1.807) is 24.5 Å². The van der Waals surface area contributed by atoms with Crippen LogP contribution in [0.15, 0.2) is 73.1 Å². The van der Waals surface area contributed by atoms with E-state index in [1.165, 1.54) is 11.1 Å². The maximum absolute atomic E-state index is 12.6. The molecular weight excluding hydrogens is 374 g/mol. The molecule has 0 aliphatic rings. The first kappa shape index (κ1) is 21.5. The highest BCUT2D eigenvalue weighted by Crippen LogP contribution is 2.19. The Morgan fingerprint density at radius 1 is 1.03 bits per heavy atom. The highest BCUT2D eigenvalue weighted by atomic mass is 16.5. The van der Waals surface area contributed by atoms with Gasteiger partial charge in [-0.05, 0) is 62.0 Å². The van der Waals surface area contributed by atoms with E-state index in [2.05, 4.69) is 46.4 Å². The highest BCUT2D eigenvalue weighted by Gasteiger charge is 2.16. The summed E-state index contributed by atoms with van der Waals surface area (Å²) in [4.78, 5) is 18.8. The van der Waals surface area contributed by atoms with Crippen LogP contribution in [0, 0.1) is 0 Å². The zero-order valence-electron chi connectivity index (χ0n) is 17.8. The van der Waals surface area contributed by atoms with E-state index in [0.29, 0.717) is 18.7 Å². The molecule has 0 radical (unpaired) electrons. The van der Waals surface area contributed by atoms with Gasteiger partial charge in [0.05, 0.1) is 6.04 Å². The van der Waals surface area contributed by atoms with E-state index in [4.69, 9.17) is 4.74 Å². The van der Waals surface area contributed by atoms with E-state index in [0.717, 1.165) is 17.7 Å². The molecule has 1 unspecified atom stereocenters. The van der Waals surface area contributed by atoms with Crippen LogP contribution in [0.3, 0.4) is 0 Å². The molecule has 0 fully saturated rings. The maximum atomic E-state index is 12.6. The third-order valence-corrected chi connectivity index (χ3v) is 5.10. The van der Waals surface area contributed by atoms with Crippen molar-refractivity contribution in [2.45, 2.75) is 26.0 Å². The van der Waals surface area contributed by atoms with Gasteiger partial charge in [-0.15, -0.1) is 0 Å². The Labute approximate surface area is 178 Å².